The van der Waals surface area contributed by atoms with Crippen molar-refractivity contribution in [3.8, 4) is 10.4 Å². The lowest BCUT2D eigenvalue weighted by atomic mass is 10.1. The van der Waals surface area contributed by atoms with Crippen molar-refractivity contribution in [1.29, 1.82) is 0 Å². The van der Waals surface area contributed by atoms with Gasteiger partial charge < -0.3 is 0 Å². The predicted octanol–water partition coefficient (Wildman–Crippen LogP) is 3.07. The fourth-order valence-electron chi connectivity index (χ4n) is 1.29. The van der Waals surface area contributed by atoms with Crippen molar-refractivity contribution in [3.05, 3.63) is 40.8 Å². The van der Waals surface area contributed by atoms with E-state index < -0.39 is 0 Å². The summed E-state index contributed by atoms with van der Waals surface area (Å²) in [6, 6.07) is 4.29. The van der Waals surface area contributed by atoms with Gasteiger partial charge in [-0.3, -0.25) is 4.79 Å². The Morgan fingerprint density at radius 2 is 2.27 bits per heavy atom. The van der Waals surface area contributed by atoms with Gasteiger partial charge in [-0.25, -0.2) is 9.37 Å². The summed E-state index contributed by atoms with van der Waals surface area (Å²) in [6.07, 6.45) is 2.32. The number of thiazole rings is 1. The van der Waals surface area contributed by atoms with Crippen LogP contribution in [-0.4, -0.2) is 11.3 Å². The van der Waals surface area contributed by atoms with E-state index in [2.05, 4.69) is 4.98 Å². The van der Waals surface area contributed by atoms with Crippen molar-refractivity contribution in [1.82, 2.24) is 4.98 Å². The summed E-state index contributed by atoms with van der Waals surface area (Å²) in [7, 11) is 0. The minimum Gasteiger partial charge on any atom is -0.298 e. The van der Waals surface area contributed by atoms with Crippen molar-refractivity contribution >= 4 is 17.6 Å². The molecule has 2 rings (SSSR count). The number of hydrogen-bond acceptors (Lipinski definition) is 3. The molecule has 0 atom stereocenters. The van der Waals surface area contributed by atoms with E-state index in [4.69, 9.17) is 0 Å². The van der Waals surface area contributed by atoms with E-state index in [1.165, 1.54) is 29.5 Å². The van der Waals surface area contributed by atoms with E-state index in [0.29, 0.717) is 17.4 Å². The molecule has 0 spiro atoms. The molecule has 0 unspecified atom stereocenters. The van der Waals surface area contributed by atoms with Crippen LogP contribution in [0.2, 0.25) is 0 Å². The molecule has 0 N–H and O–H groups in total. The molecule has 0 aliphatic rings. The number of aldehydes is 1. The van der Waals surface area contributed by atoms with Crippen LogP contribution < -0.4 is 0 Å². The molecule has 0 saturated heterocycles. The van der Waals surface area contributed by atoms with Crippen molar-refractivity contribution in [2.75, 3.05) is 0 Å². The van der Waals surface area contributed by atoms with Crippen molar-refractivity contribution in [3.63, 3.8) is 0 Å². The van der Waals surface area contributed by atoms with E-state index in [9.17, 15) is 9.18 Å². The first-order chi connectivity index (χ1) is 7.20. The normalized spacial score (nSPS) is 10.3. The largest absolute Gasteiger partial charge is 0.298 e. The first-order valence-electron chi connectivity index (χ1n) is 4.38. The number of halogens is 1. The maximum Gasteiger partial charge on any atom is 0.150 e. The maximum absolute atomic E-state index is 13.5. The van der Waals surface area contributed by atoms with E-state index in [1.807, 2.05) is 6.92 Å². The Bertz CT molecular complexity index is 507. The second-order valence-electron chi connectivity index (χ2n) is 3.10. The van der Waals surface area contributed by atoms with Gasteiger partial charge in [-0.2, -0.15) is 0 Å². The molecule has 2 aromatic rings. The molecule has 0 amide bonds. The van der Waals surface area contributed by atoms with Gasteiger partial charge in [0.05, 0.1) is 9.88 Å². The van der Waals surface area contributed by atoms with E-state index in [-0.39, 0.29) is 5.82 Å². The molecule has 0 radical (unpaired) electrons. The van der Waals surface area contributed by atoms with Crippen LogP contribution in [0.5, 0.6) is 0 Å². The molecule has 1 aromatic heterocycles. The fraction of sp³-hybridized carbons (Fsp3) is 0.0909. The lowest BCUT2D eigenvalue weighted by Gasteiger charge is -1.99. The van der Waals surface area contributed by atoms with Gasteiger partial charge in [0, 0.05) is 17.3 Å². The predicted molar refractivity (Wildman–Crippen MR) is 57.6 cm³/mol. The van der Waals surface area contributed by atoms with Gasteiger partial charge in [0.2, 0.25) is 0 Å². The summed E-state index contributed by atoms with van der Waals surface area (Å²) in [5.41, 5.74) is 0.905. The zero-order valence-electron chi connectivity index (χ0n) is 8.03. The summed E-state index contributed by atoms with van der Waals surface area (Å²) < 4.78 is 13.5. The van der Waals surface area contributed by atoms with Crippen LogP contribution >= 0.6 is 11.3 Å². The Labute approximate surface area is 90.4 Å². The first kappa shape index (κ1) is 9.98. The lowest BCUT2D eigenvalue weighted by Crippen LogP contribution is -1.85. The molecule has 0 saturated carbocycles. The Hall–Kier alpha value is -1.55. The van der Waals surface area contributed by atoms with Crippen molar-refractivity contribution in [2.45, 2.75) is 6.92 Å². The van der Waals surface area contributed by atoms with Gasteiger partial charge in [-0.15, -0.1) is 11.3 Å². The third-order valence-corrected chi connectivity index (χ3v) is 2.96. The van der Waals surface area contributed by atoms with Crippen LogP contribution in [0.15, 0.2) is 24.4 Å². The molecule has 76 valence electrons. The number of hydrogen-bond donors (Lipinski definition) is 0. The molecular formula is C11H8FNOS. The zero-order chi connectivity index (χ0) is 10.8. The van der Waals surface area contributed by atoms with Crippen LogP contribution in [0.1, 0.15) is 15.4 Å². The molecule has 1 aromatic carbocycles. The first-order valence-corrected chi connectivity index (χ1v) is 5.20. The molecular weight excluding hydrogens is 213 g/mol. The van der Waals surface area contributed by atoms with Gasteiger partial charge in [-0.1, -0.05) is 0 Å². The van der Waals surface area contributed by atoms with Gasteiger partial charge in [0.15, 0.2) is 0 Å². The molecule has 0 bridgehead atoms. The monoisotopic (exact) mass is 221 g/mol. The van der Waals surface area contributed by atoms with Gasteiger partial charge in [0.25, 0.3) is 0 Å². The fourth-order valence-corrected chi connectivity index (χ4v) is 2.09. The summed E-state index contributed by atoms with van der Waals surface area (Å²) in [5, 5.41) is 0.876. The lowest BCUT2D eigenvalue weighted by molar-refractivity contribution is 0.112. The van der Waals surface area contributed by atoms with Crippen LogP contribution in [-0.2, 0) is 0 Å². The highest BCUT2D eigenvalue weighted by atomic mass is 32.1. The van der Waals surface area contributed by atoms with E-state index in [0.717, 1.165) is 9.88 Å². The molecule has 0 fully saturated rings. The van der Waals surface area contributed by atoms with Gasteiger partial charge in [-0.05, 0) is 25.1 Å². The SMILES string of the molecule is Cc1ncc(-c2cc(C=O)ccc2F)s1. The zero-order valence-corrected chi connectivity index (χ0v) is 8.84. The minimum atomic E-state index is -0.329. The molecule has 0 aliphatic heterocycles. The smallest absolute Gasteiger partial charge is 0.150 e. The van der Waals surface area contributed by atoms with Crippen LogP contribution in [0.3, 0.4) is 0 Å². The van der Waals surface area contributed by atoms with Crippen LogP contribution in [0.25, 0.3) is 10.4 Å². The second kappa shape index (κ2) is 3.90. The van der Waals surface area contributed by atoms with Crippen LogP contribution in [0.4, 0.5) is 4.39 Å². The number of rotatable bonds is 2. The highest BCUT2D eigenvalue weighted by Gasteiger charge is 2.08. The molecule has 1 heterocycles. The number of carbonyl (C=O) groups is 1. The molecule has 15 heavy (non-hydrogen) atoms. The minimum absolute atomic E-state index is 0.329. The Morgan fingerprint density at radius 3 is 2.87 bits per heavy atom. The highest BCUT2D eigenvalue weighted by Crippen LogP contribution is 2.28. The second-order valence-corrected chi connectivity index (χ2v) is 4.34. The average Bonchev–Trinajstić information content (AvgIpc) is 2.65. The third-order valence-electron chi connectivity index (χ3n) is 2.01. The van der Waals surface area contributed by atoms with E-state index >= 15 is 0 Å². The number of aromatic nitrogens is 1. The van der Waals surface area contributed by atoms with Crippen molar-refractivity contribution < 1.29 is 9.18 Å². The Morgan fingerprint density at radius 1 is 1.47 bits per heavy atom. The third kappa shape index (κ3) is 1.94. The number of nitrogens with zero attached hydrogens (tertiary/aromatic N) is 1. The molecule has 2 nitrogen and oxygen atoms in total. The summed E-state index contributed by atoms with van der Waals surface area (Å²) in [6.45, 7) is 1.86. The highest BCUT2D eigenvalue weighted by molar-refractivity contribution is 7.15. The molecule has 0 aliphatic carbocycles. The summed E-state index contributed by atoms with van der Waals surface area (Å²) in [4.78, 5) is 15.4. The number of aryl methyl sites for hydroxylation is 1. The summed E-state index contributed by atoms with van der Waals surface area (Å²) in [5.74, 6) is -0.329. The maximum atomic E-state index is 13.5. The quantitative estimate of drug-likeness (QED) is 0.729. The average molecular weight is 221 g/mol. The molecule has 4 heteroatoms. The number of carbonyl (C=O) groups excluding carboxylic acids is 1. The van der Waals surface area contributed by atoms with Crippen molar-refractivity contribution in [2.24, 2.45) is 0 Å². The van der Waals surface area contributed by atoms with Gasteiger partial charge >= 0.3 is 0 Å². The topological polar surface area (TPSA) is 30.0 Å². The standard InChI is InChI=1S/C11H8FNOS/c1-7-13-5-11(15-7)9-4-8(6-14)2-3-10(9)12/h2-6H,1H3. The number of benzene rings is 1. The Balaban J connectivity index is 2.55. The van der Waals surface area contributed by atoms with E-state index in [1.54, 1.807) is 6.20 Å². The van der Waals surface area contributed by atoms with Gasteiger partial charge in [0.1, 0.15) is 12.1 Å². The Kier molecular flexibility index (Phi) is 2.60. The van der Waals surface area contributed by atoms with Crippen LogP contribution in [0, 0.1) is 12.7 Å². The summed E-state index contributed by atoms with van der Waals surface area (Å²) >= 11 is 1.41.